The topological polar surface area (TPSA) is 15.3 Å². The number of halogens is 1. The van der Waals surface area contributed by atoms with Crippen LogP contribution in [0.15, 0.2) is 22.7 Å². The third kappa shape index (κ3) is 4.49. The highest BCUT2D eigenvalue weighted by atomic mass is 79.9. The molecule has 0 spiro atoms. The summed E-state index contributed by atoms with van der Waals surface area (Å²) in [5, 5.41) is 3.50. The molecule has 20 heavy (non-hydrogen) atoms. The maximum Gasteiger partial charge on any atom is 0.0510 e. The molecule has 0 atom stereocenters. The molecule has 1 aliphatic rings. The molecule has 1 heterocycles. The molecular formula is C17H27BrN2. The number of piperidine rings is 1. The predicted octanol–water partition coefficient (Wildman–Crippen LogP) is 4.43. The van der Waals surface area contributed by atoms with Crippen LogP contribution in [0.4, 0.5) is 5.69 Å². The molecule has 2 rings (SSSR count). The van der Waals surface area contributed by atoms with Crippen molar-refractivity contribution >= 4 is 21.6 Å². The number of nitrogens with one attached hydrogen (secondary N) is 1. The van der Waals surface area contributed by atoms with Gasteiger partial charge in [0.05, 0.1) is 5.69 Å². The molecule has 1 saturated heterocycles. The highest BCUT2D eigenvalue weighted by molar-refractivity contribution is 9.10. The maximum absolute atomic E-state index is 3.75. The molecule has 1 N–H and O–H groups in total. The standard InChI is InChI=1S/C17H27BrN2/c1-13(2)11-19-12-15-4-5-17(16(18)10-15)20-8-6-14(3)7-9-20/h4-5,10,13-14,19H,6-9,11-12H2,1-3H3. The van der Waals surface area contributed by atoms with E-state index in [-0.39, 0.29) is 0 Å². The van der Waals surface area contributed by atoms with Crippen molar-refractivity contribution in [2.45, 2.75) is 40.2 Å². The number of hydrogen-bond donors (Lipinski definition) is 1. The number of nitrogens with zero attached hydrogens (tertiary/aromatic N) is 1. The molecule has 0 aliphatic carbocycles. The maximum atomic E-state index is 3.75. The van der Waals surface area contributed by atoms with Crippen LogP contribution < -0.4 is 10.2 Å². The van der Waals surface area contributed by atoms with Crippen LogP contribution in [0, 0.1) is 11.8 Å². The molecule has 0 unspecified atom stereocenters. The average molecular weight is 339 g/mol. The van der Waals surface area contributed by atoms with Crippen LogP contribution in [0.5, 0.6) is 0 Å². The van der Waals surface area contributed by atoms with E-state index in [0.717, 1.165) is 19.0 Å². The van der Waals surface area contributed by atoms with Gasteiger partial charge in [-0.2, -0.15) is 0 Å². The van der Waals surface area contributed by atoms with Crippen molar-refractivity contribution in [3.8, 4) is 0 Å². The van der Waals surface area contributed by atoms with Crippen LogP contribution in [0.1, 0.15) is 39.2 Å². The van der Waals surface area contributed by atoms with E-state index < -0.39 is 0 Å². The van der Waals surface area contributed by atoms with Crippen molar-refractivity contribution < 1.29 is 0 Å². The molecule has 2 nitrogen and oxygen atoms in total. The zero-order chi connectivity index (χ0) is 14.5. The first kappa shape index (κ1) is 15.8. The fourth-order valence-corrected chi connectivity index (χ4v) is 3.35. The Morgan fingerprint density at radius 3 is 2.60 bits per heavy atom. The lowest BCUT2D eigenvalue weighted by atomic mass is 9.98. The Kier molecular flexibility index (Phi) is 5.91. The van der Waals surface area contributed by atoms with E-state index in [1.165, 1.54) is 41.7 Å². The summed E-state index contributed by atoms with van der Waals surface area (Å²) in [6.07, 6.45) is 2.62. The summed E-state index contributed by atoms with van der Waals surface area (Å²) >= 11 is 3.75. The van der Waals surface area contributed by atoms with Gasteiger partial charge in [-0.05, 0) is 64.8 Å². The highest BCUT2D eigenvalue weighted by Crippen LogP contribution is 2.30. The Morgan fingerprint density at radius 1 is 1.30 bits per heavy atom. The van der Waals surface area contributed by atoms with Gasteiger partial charge >= 0.3 is 0 Å². The van der Waals surface area contributed by atoms with E-state index in [2.05, 4.69) is 65.1 Å². The lowest BCUT2D eigenvalue weighted by Crippen LogP contribution is -2.33. The quantitative estimate of drug-likeness (QED) is 0.854. The van der Waals surface area contributed by atoms with Gasteiger partial charge < -0.3 is 10.2 Å². The van der Waals surface area contributed by atoms with Crippen LogP contribution >= 0.6 is 15.9 Å². The molecule has 0 amide bonds. The monoisotopic (exact) mass is 338 g/mol. The Labute approximate surface area is 132 Å². The van der Waals surface area contributed by atoms with E-state index in [1.807, 2.05) is 0 Å². The molecule has 112 valence electrons. The second-order valence-corrected chi connectivity index (χ2v) is 7.33. The Hall–Kier alpha value is -0.540. The molecule has 1 aromatic carbocycles. The van der Waals surface area contributed by atoms with E-state index in [9.17, 15) is 0 Å². The fraction of sp³-hybridized carbons (Fsp3) is 0.647. The van der Waals surface area contributed by atoms with Crippen LogP contribution in [0.25, 0.3) is 0 Å². The molecule has 1 aliphatic heterocycles. The van der Waals surface area contributed by atoms with E-state index >= 15 is 0 Å². The first-order valence-electron chi connectivity index (χ1n) is 7.80. The van der Waals surface area contributed by atoms with Gasteiger partial charge in [-0.3, -0.25) is 0 Å². The van der Waals surface area contributed by atoms with Crippen LogP contribution in [0.3, 0.4) is 0 Å². The highest BCUT2D eigenvalue weighted by Gasteiger charge is 2.17. The molecular weight excluding hydrogens is 312 g/mol. The molecule has 3 heteroatoms. The Balaban J connectivity index is 1.95. The minimum absolute atomic E-state index is 0.702. The molecule has 1 fully saturated rings. The second kappa shape index (κ2) is 7.46. The predicted molar refractivity (Wildman–Crippen MR) is 91.3 cm³/mol. The lowest BCUT2D eigenvalue weighted by molar-refractivity contribution is 0.438. The third-order valence-corrected chi connectivity index (χ3v) is 4.65. The zero-order valence-electron chi connectivity index (χ0n) is 13.0. The van der Waals surface area contributed by atoms with Crippen molar-refractivity contribution in [1.82, 2.24) is 5.32 Å². The minimum atomic E-state index is 0.702. The van der Waals surface area contributed by atoms with Gasteiger partial charge in [0.2, 0.25) is 0 Å². The van der Waals surface area contributed by atoms with E-state index in [0.29, 0.717) is 5.92 Å². The summed E-state index contributed by atoms with van der Waals surface area (Å²) in [6.45, 7) is 11.2. The molecule has 0 radical (unpaired) electrons. The molecule has 0 saturated carbocycles. The van der Waals surface area contributed by atoms with Crippen molar-refractivity contribution in [2.75, 3.05) is 24.5 Å². The zero-order valence-corrected chi connectivity index (χ0v) is 14.5. The Morgan fingerprint density at radius 2 is 2.00 bits per heavy atom. The SMILES string of the molecule is CC(C)CNCc1ccc(N2CCC(C)CC2)c(Br)c1. The van der Waals surface area contributed by atoms with Crippen LogP contribution in [-0.4, -0.2) is 19.6 Å². The van der Waals surface area contributed by atoms with Crippen molar-refractivity contribution in [1.29, 1.82) is 0 Å². The normalized spacial score (nSPS) is 16.9. The number of hydrogen-bond acceptors (Lipinski definition) is 2. The average Bonchev–Trinajstić information content (AvgIpc) is 2.40. The molecule has 0 aromatic heterocycles. The minimum Gasteiger partial charge on any atom is -0.371 e. The van der Waals surface area contributed by atoms with Gasteiger partial charge in [0, 0.05) is 24.1 Å². The summed E-state index contributed by atoms with van der Waals surface area (Å²) in [5.74, 6) is 1.58. The van der Waals surface area contributed by atoms with Crippen LogP contribution in [0.2, 0.25) is 0 Å². The Bertz CT molecular complexity index is 423. The lowest BCUT2D eigenvalue weighted by Gasteiger charge is -2.33. The largest absolute Gasteiger partial charge is 0.371 e. The van der Waals surface area contributed by atoms with E-state index in [1.54, 1.807) is 0 Å². The van der Waals surface area contributed by atoms with Gasteiger partial charge in [-0.15, -0.1) is 0 Å². The third-order valence-electron chi connectivity index (χ3n) is 4.02. The smallest absolute Gasteiger partial charge is 0.0510 e. The summed E-state index contributed by atoms with van der Waals surface area (Å²) in [7, 11) is 0. The molecule has 0 bridgehead atoms. The van der Waals surface area contributed by atoms with Gasteiger partial charge in [-0.25, -0.2) is 0 Å². The van der Waals surface area contributed by atoms with Gasteiger partial charge in [0.25, 0.3) is 0 Å². The van der Waals surface area contributed by atoms with Gasteiger partial charge in [0.1, 0.15) is 0 Å². The van der Waals surface area contributed by atoms with Crippen LogP contribution in [-0.2, 0) is 6.54 Å². The number of rotatable bonds is 5. The number of benzene rings is 1. The van der Waals surface area contributed by atoms with Gasteiger partial charge in [-0.1, -0.05) is 26.8 Å². The summed E-state index contributed by atoms with van der Waals surface area (Å²) in [4.78, 5) is 2.51. The fourth-order valence-electron chi connectivity index (χ4n) is 2.67. The number of anilines is 1. The molecule has 1 aromatic rings. The van der Waals surface area contributed by atoms with Crippen molar-refractivity contribution in [3.05, 3.63) is 28.2 Å². The van der Waals surface area contributed by atoms with Crippen molar-refractivity contribution in [2.24, 2.45) is 11.8 Å². The first-order valence-corrected chi connectivity index (χ1v) is 8.59. The van der Waals surface area contributed by atoms with Gasteiger partial charge in [0.15, 0.2) is 0 Å². The first-order chi connectivity index (χ1) is 9.56. The summed E-state index contributed by atoms with van der Waals surface area (Å²) in [6, 6.07) is 6.79. The summed E-state index contributed by atoms with van der Waals surface area (Å²) in [5.41, 5.74) is 2.70. The van der Waals surface area contributed by atoms with E-state index in [4.69, 9.17) is 0 Å². The second-order valence-electron chi connectivity index (χ2n) is 6.48. The van der Waals surface area contributed by atoms with Crippen molar-refractivity contribution in [3.63, 3.8) is 0 Å². The summed E-state index contributed by atoms with van der Waals surface area (Å²) < 4.78 is 1.23.